The minimum Gasteiger partial charge on any atom is -0.304 e. The van der Waals surface area contributed by atoms with Crippen molar-refractivity contribution in [3.8, 4) is 0 Å². The maximum absolute atomic E-state index is 6.12. The monoisotopic (exact) mass is 293 g/mol. The largest absolute Gasteiger partial charge is 0.304 e. The van der Waals surface area contributed by atoms with Gasteiger partial charge < -0.3 is 5.32 Å². The fourth-order valence-corrected chi connectivity index (χ4v) is 3.86. The number of halogens is 1. The molecule has 0 aliphatic heterocycles. The quantitative estimate of drug-likeness (QED) is 0.938. The standard InChI is InChI=1S/C14H16ClN3S/c1-9-6-17-10(7-16-9)8-18-12-3-2-4-13-11(12)5-14(15)19-13/h5-7,12,18H,2-4,8H2,1H3. The second-order valence-electron chi connectivity index (χ2n) is 4.90. The van der Waals surface area contributed by atoms with Crippen LogP contribution >= 0.6 is 22.9 Å². The molecule has 0 bridgehead atoms. The van der Waals surface area contributed by atoms with E-state index in [1.165, 1.54) is 23.3 Å². The van der Waals surface area contributed by atoms with E-state index in [2.05, 4.69) is 21.4 Å². The Hall–Kier alpha value is -0.970. The summed E-state index contributed by atoms with van der Waals surface area (Å²) in [5.41, 5.74) is 3.31. The van der Waals surface area contributed by atoms with Crippen LogP contribution in [0.1, 0.15) is 40.7 Å². The summed E-state index contributed by atoms with van der Waals surface area (Å²) in [5.74, 6) is 0. The van der Waals surface area contributed by atoms with Gasteiger partial charge in [-0.3, -0.25) is 9.97 Å². The molecule has 1 atom stereocenters. The van der Waals surface area contributed by atoms with Gasteiger partial charge in [-0.1, -0.05) is 11.6 Å². The molecule has 1 N–H and O–H groups in total. The van der Waals surface area contributed by atoms with Gasteiger partial charge in [-0.05, 0) is 37.8 Å². The normalized spacial score (nSPS) is 18.3. The van der Waals surface area contributed by atoms with Crippen molar-refractivity contribution in [2.24, 2.45) is 0 Å². The summed E-state index contributed by atoms with van der Waals surface area (Å²) < 4.78 is 0.897. The van der Waals surface area contributed by atoms with Crippen molar-refractivity contribution in [3.63, 3.8) is 0 Å². The molecule has 19 heavy (non-hydrogen) atoms. The third kappa shape index (κ3) is 2.96. The molecule has 1 aliphatic rings. The highest BCUT2D eigenvalue weighted by atomic mass is 35.5. The van der Waals surface area contributed by atoms with Crippen LogP contribution in [0.25, 0.3) is 0 Å². The first kappa shape index (κ1) is 13.0. The summed E-state index contributed by atoms with van der Waals surface area (Å²) in [4.78, 5) is 10.1. The molecule has 5 heteroatoms. The molecule has 1 unspecified atom stereocenters. The highest BCUT2D eigenvalue weighted by molar-refractivity contribution is 7.16. The Kier molecular flexibility index (Phi) is 3.82. The molecule has 0 saturated heterocycles. The zero-order chi connectivity index (χ0) is 13.2. The zero-order valence-electron chi connectivity index (χ0n) is 10.8. The predicted octanol–water partition coefficient (Wildman–Crippen LogP) is 3.67. The Bertz CT molecular complexity index is 565. The minimum absolute atomic E-state index is 0.399. The first-order valence-electron chi connectivity index (χ1n) is 6.51. The lowest BCUT2D eigenvalue weighted by molar-refractivity contribution is 0.459. The first-order valence-corrected chi connectivity index (χ1v) is 7.71. The van der Waals surface area contributed by atoms with Crippen LogP contribution in [0.3, 0.4) is 0 Å². The topological polar surface area (TPSA) is 37.8 Å². The Labute approximate surface area is 122 Å². The van der Waals surface area contributed by atoms with Crippen molar-refractivity contribution in [2.75, 3.05) is 0 Å². The number of hydrogen-bond donors (Lipinski definition) is 1. The molecule has 0 spiro atoms. The maximum Gasteiger partial charge on any atom is 0.0934 e. The van der Waals surface area contributed by atoms with Gasteiger partial charge in [0.25, 0.3) is 0 Å². The Morgan fingerprint density at radius 3 is 3.11 bits per heavy atom. The molecule has 3 rings (SSSR count). The number of fused-ring (bicyclic) bond motifs is 1. The molecule has 2 heterocycles. The molecular weight excluding hydrogens is 278 g/mol. The first-order chi connectivity index (χ1) is 9.22. The summed E-state index contributed by atoms with van der Waals surface area (Å²) in [7, 11) is 0. The summed E-state index contributed by atoms with van der Waals surface area (Å²) in [6.45, 7) is 2.70. The average Bonchev–Trinajstić information content (AvgIpc) is 2.79. The van der Waals surface area contributed by atoms with Crippen molar-refractivity contribution in [1.29, 1.82) is 0 Å². The third-order valence-corrected chi connectivity index (χ3v) is 4.79. The molecule has 2 aromatic heterocycles. The molecule has 0 aromatic carbocycles. The smallest absolute Gasteiger partial charge is 0.0934 e. The number of rotatable bonds is 3. The highest BCUT2D eigenvalue weighted by Gasteiger charge is 2.22. The molecule has 0 saturated carbocycles. The van der Waals surface area contributed by atoms with E-state index in [4.69, 9.17) is 11.6 Å². The number of hydrogen-bond acceptors (Lipinski definition) is 4. The van der Waals surface area contributed by atoms with Crippen molar-refractivity contribution in [3.05, 3.63) is 44.6 Å². The van der Waals surface area contributed by atoms with Crippen molar-refractivity contribution in [1.82, 2.24) is 15.3 Å². The van der Waals surface area contributed by atoms with Crippen LogP contribution in [0, 0.1) is 6.92 Å². The van der Waals surface area contributed by atoms with Gasteiger partial charge in [0.15, 0.2) is 0 Å². The number of thiophene rings is 1. The second-order valence-corrected chi connectivity index (χ2v) is 6.67. The summed E-state index contributed by atoms with van der Waals surface area (Å²) in [6.07, 6.45) is 7.20. The number of nitrogens with one attached hydrogen (secondary N) is 1. The Morgan fingerprint density at radius 2 is 2.32 bits per heavy atom. The van der Waals surface area contributed by atoms with Gasteiger partial charge in [-0.25, -0.2) is 0 Å². The molecular formula is C14H16ClN3S. The van der Waals surface area contributed by atoms with Crippen LogP contribution in [0.5, 0.6) is 0 Å². The van der Waals surface area contributed by atoms with Gasteiger partial charge in [0.05, 0.1) is 15.7 Å². The summed E-state index contributed by atoms with van der Waals surface area (Å²) in [5, 5.41) is 3.57. The van der Waals surface area contributed by atoms with E-state index >= 15 is 0 Å². The van der Waals surface area contributed by atoms with Crippen LogP contribution in [0.2, 0.25) is 4.34 Å². The van der Waals surface area contributed by atoms with Gasteiger partial charge in [0, 0.05) is 29.9 Å². The molecule has 0 radical (unpaired) electrons. The van der Waals surface area contributed by atoms with Crippen LogP contribution in [0.4, 0.5) is 0 Å². The number of nitrogens with zero attached hydrogens (tertiary/aromatic N) is 2. The fourth-order valence-electron chi connectivity index (χ4n) is 2.47. The molecule has 2 aromatic rings. The van der Waals surface area contributed by atoms with Crippen molar-refractivity contribution >= 4 is 22.9 Å². The van der Waals surface area contributed by atoms with E-state index in [1.54, 1.807) is 11.3 Å². The van der Waals surface area contributed by atoms with Gasteiger partial charge in [-0.15, -0.1) is 11.3 Å². The summed E-state index contributed by atoms with van der Waals surface area (Å²) in [6, 6.07) is 2.51. The van der Waals surface area contributed by atoms with Crippen molar-refractivity contribution < 1.29 is 0 Å². The lowest BCUT2D eigenvalue weighted by Gasteiger charge is -2.23. The number of aromatic nitrogens is 2. The molecule has 0 fully saturated rings. The third-order valence-electron chi connectivity index (χ3n) is 3.45. The van der Waals surface area contributed by atoms with E-state index < -0.39 is 0 Å². The highest BCUT2D eigenvalue weighted by Crippen LogP contribution is 2.37. The van der Waals surface area contributed by atoms with Crippen LogP contribution in [-0.2, 0) is 13.0 Å². The van der Waals surface area contributed by atoms with Crippen LogP contribution in [0.15, 0.2) is 18.5 Å². The number of aryl methyl sites for hydroxylation is 2. The van der Waals surface area contributed by atoms with Crippen LogP contribution < -0.4 is 5.32 Å². The molecule has 0 amide bonds. The zero-order valence-corrected chi connectivity index (χ0v) is 12.4. The summed E-state index contributed by atoms with van der Waals surface area (Å²) >= 11 is 7.83. The van der Waals surface area contributed by atoms with Gasteiger partial charge in [0.2, 0.25) is 0 Å². The van der Waals surface area contributed by atoms with Gasteiger partial charge in [0.1, 0.15) is 0 Å². The molecule has 3 nitrogen and oxygen atoms in total. The van der Waals surface area contributed by atoms with Crippen molar-refractivity contribution in [2.45, 2.75) is 38.8 Å². The fraction of sp³-hybridized carbons (Fsp3) is 0.429. The van der Waals surface area contributed by atoms with E-state index in [1.807, 2.05) is 19.3 Å². The molecule has 100 valence electrons. The molecule has 1 aliphatic carbocycles. The maximum atomic E-state index is 6.12. The lowest BCUT2D eigenvalue weighted by Crippen LogP contribution is -2.24. The van der Waals surface area contributed by atoms with E-state index in [-0.39, 0.29) is 0 Å². The van der Waals surface area contributed by atoms with Crippen LogP contribution in [-0.4, -0.2) is 9.97 Å². The average molecular weight is 294 g/mol. The second kappa shape index (κ2) is 5.57. The lowest BCUT2D eigenvalue weighted by atomic mass is 9.94. The minimum atomic E-state index is 0.399. The van der Waals surface area contributed by atoms with E-state index in [0.717, 1.165) is 28.7 Å². The Morgan fingerprint density at radius 1 is 1.42 bits per heavy atom. The van der Waals surface area contributed by atoms with E-state index in [0.29, 0.717) is 6.04 Å². The van der Waals surface area contributed by atoms with Gasteiger partial charge >= 0.3 is 0 Å². The predicted molar refractivity (Wildman–Crippen MR) is 78.6 cm³/mol. The van der Waals surface area contributed by atoms with E-state index in [9.17, 15) is 0 Å². The Balaban J connectivity index is 1.69. The SMILES string of the molecule is Cc1cnc(CNC2CCCc3sc(Cl)cc32)cn1. The van der Waals surface area contributed by atoms with Gasteiger partial charge in [-0.2, -0.15) is 0 Å².